The monoisotopic (exact) mass is 442 g/mol. The normalized spacial score (nSPS) is 14.2. The summed E-state index contributed by atoms with van der Waals surface area (Å²) in [4.78, 5) is 2.59. The Bertz CT molecular complexity index is 1110. The van der Waals surface area contributed by atoms with Crippen LogP contribution in [0.1, 0.15) is 38.7 Å². The Morgan fingerprint density at radius 3 is 2.27 bits per heavy atom. The molecule has 0 radical (unpaired) electrons. The molecule has 1 aromatic heterocycles. The van der Waals surface area contributed by atoms with Crippen LogP contribution in [0.4, 0.5) is 10.7 Å². The molecule has 3 aromatic rings. The van der Waals surface area contributed by atoms with Gasteiger partial charge < -0.3 is 4.90 Å². The van der Waals surface area contributed by atoms with Gasteiger partial charge in [0, 0.05) is 30.0 Å². The molecule has 6 heteroatoms. The van der Waals surface area contributed by atoms with Crippen molar-refractivity contribution < 1.29 is 8.42 Å². The number of fused-ring (bicyclic) bond motifs is 1. The zero-order valence-electron chi connectivity index (χ0n) is 18.0. The summed E-state index contributed by atoms with van der Waals surface area (Å²) in [5.41, 5.74) is 2.11. The third kappa shape index (κ3) is 4.08. The number of aryl methyl sites for hydroxylation is 1. The van der Waals surface area contributed by atoms with Gasteiger partial charge in [-0.2, -0.15) is 0 Å². The van der Waals surface area contributed by atoms with E-state index in [-0.39, 0.29) is 0 Å². The number of hydrogen-bond acceptors (Lipinski definition) is 4. The van der Waals surface area contributed by atoms with Crippen molar-refractivity contribution in [1.29, 1.82) is 0 Å². The average molecular weight is 443 g/mol. The van der Waals surface area contributed by atoms with E-state index in [0.717, 1.165) is 45.8 Å². The fraction of sp³-hybridized carbons (Fsp3) is 0.417. The molecular weight excluding hydrogens is 412 g/mol. The molecule has 160 valence electrons. The van der Waals surface area contributed by atoms with Crippen LogP contribution < -0.4 is 9.21 Å². The third-order valence-corrected chi connectivity index (χ3v) is 9.26. The van der Waals surface area contributed by atoms with Crippen molar-refractivity contribution in [2.45, 2.75) is 44.9 Å². The molecule has 1 saturated carbocycles. The first-order valence-electron chi connectivity index (χ1n) is 10.8. The molecule has 1 aliphatic carbocycles. The van der Waals surface area contributed by atoms with E-state index < -0.39 is 10.0 Å². The predicted octanol–water partition coefficient (Wildman–Crippen LogP) is 6.05. The molecule has 4 nitrogen and oxygen atoms in total. The molecule has 0 spiro atoms. The maximum Gasteiger partial charge on any atom is 0.264 e. The molecule has 2 aromatic carbocycles. The van der Waals surface area contributed by atoms with E-state index >= 15 is 0 Å². The number of nitrogens with zero attached hydrogens (tertiary/aromatic N) is 2. The van der Waals surface area contributed by atoms with Gasteiger partial charge in [-0.3, -0.25) is 4.31 Å². The number of rotatable bonds is 9. The average Bonchev–Trinajstić information content (AvgIpc) is 3.53. The quantitative estimate of drug-likeness (QED) is 0.405. The Kier molecular flexibility index (Phi) is 6.07. The second kappa shape index (κ2) is 8.60. The van der Waals surface area contributed by atoms with Gasteiger partial charge in [-0.25, -0.2) is 8.42 Å². The highest BCUT2D eigenvalue weighted by Gasteiger charge is 2.31. The van der Waals surface area contributed by atoms with Gasteiger partial charge in [0.1, 0.15) is 5.00 Å². The number of sulfonamides is 1. The van der Waals surface area contributed by atoms with E-state index in [1.165, 1.54) is 12.8 Å². The van der Waals surface area contributed by atoms with Crippen LogP contribution in [0.3, 0.4) is 0 Å². The molecule has 0 aliphatic heterocycles. The summed E-state index contributed by atoms with van der Waals surface area (Å²) in [5.74, 6) is 0.669. The molecule has 0 N–H and O–H groups in total. The lowest BCUT2D eigenvalue weighted by Gasteiger charge is -2.25. The zero-order chi connectivity index (χ0) is 21.3. The molecule has 1 heterocycles. The lowest BCUT2D eigenvalue weighted by atomic mass is 10.2. The van der Waals surface area contributed by atoms with Gasteiger partial charge in [-0.1, -0.05) is 31.0 Å². The summed E-state index contributed by atoms with van der Waals surface area (Å²) in [6.45, 7) is 8.60. The van der Waals surface area contributed by atoms with E-state index in [1.807, 2.05) is 31.2 Å². The summed E-state index contributed by atoms with van der Waals surface area (Å²) in [7, 11) is -3.62. The second-order valence-electron chi connectivity index (χ2n) is 8.00. The Morgan fingerprint density at radius 2 is 1.67 bits per heavy atom. The van der Waals surface area contributed by atoms with E-state index in [0.29, 0.717) is 17.4 Å². The molecule has 1 fully saturated rings. The van der Waals surface area contributed by atoms with E-state index in [9.17, 15) is 8.42 Å². The Balaban J connectivity index is 1.72. The molecule has 30 heavy (non-hydrogen) atoms. The maximum absolute atomic E-state index is 13.7. The van der Waals surface area contributed by atoms with Crippen LogP contribution in [-0.2, 0) is 10.0 Å². The highest BCUT2D eigenvalue weighted by Crippen LogP contribution is 2.41. The summed E-state index contributed by atoms with van der Waals surface area (Å²) in [5, 5.41) is 1.99. The maximum atomic E-state index is 13.7. The van der Waals surface area contributed by atoms with Crippen molar-refractivity contribution >= 4 is 42.1 Å². The molecule has 0 bridgehead atoms. The Morgan fingerprint density at radius 1 is 1.00 bits per heavy atom. The number of benzene rings is 2. The van der Waals surface area contributed by atoms with Crippen LogP contribution in [0, 0.1) is 12.8 Å². The number of thiophene rings is 1. The highest BCUT2D eigenvalue weighted by atomic mass is 32.2. The molecular formula is C24H30N2O2S2. The van der Waals surface area contributed by atoms with Crippen molar-refractivity contribution in [2.24, 2.45) is 5.92 Å². The molecule has 4 rings (SSSR count). The Hall–Kier alpha value is -2.05. The van der Waals surface area contributed by atoms with Gasteiger partial charge in [0.15, 0.2) is 0 Å². The minimum Gasteiger partial charge on any atom is -0.372 e. The standard InChI is InChI=1S/C24H30N2O2S2/c1-4-25(5-2)20-12-14-21(15-13-20)30(27,28)26(17-16-19-10-11-19)24-18(3)22-8-6-7-9-23(22)29-24/h6-9,12-15,19H,4-5,10-11,16-17H2,1-3H3. The minimum atomic E-state index is -3.62. The zero-order valence-corrected chi connectivity index (χ0v) is 19.6. The van der Waals surface area contributed by atoms with Crippen LogP contribution in [0.15, 0.2) is 53.4 Å². The smallest absolute Gasteiger partial charge is 0.264 e. The molecule has 0 unspecified atom stereocenters. The van der Waals surface area contributed by atoms with Crippen molar-refractivity contribution in [3.63, 3.8) is 0 Å². The SMILES string of the molecule is CCN(CC)c1ccc(S(=O)(=O)N(CCC2CC2)c2sc3ccccc3c2C)cc1. The number of hydrogen-bond donors (Lipinski definition) is 0. The van der Waals surface area contributed by atoms with E-state index in [4.69, 9.17) is 0 Å². The lowest BCUT2D eigenvalue weighted by molar-refractivity contribution is 0.587. The van der Waals surface area contributed by atoms with Crippen LogP contribution in [0.2, 0.25) is 0 Å². The fourth-order valence-corrected chi connectivity index (χ4v) is 6.97. The number of anilines is 2. The largest absolute Gasteiger partial charge is 0.372 e. The lowest BCUT2D eigenvalue weighted by Crippen LogP contribution is -2.32. The summed E-state index contributed by atoms with van der Waals surface area (Å²) in [6.07, 6.45) is 3.36. The van der Waals surface area contributed by atoms with Crippen LogP contribution >= 0.6 is 11.3 Å². The van der Waals surface area contributed by atoms with Gasteiger partial charge in [-0.15, -0.1) is 11.3 Å². The van der Waals surface area contributed by atoms with Crippen LogP contribution in [-0.4, -0.2) is 28.1 Å². The fourth-order valence-electron chi connectivity index (χ4n) is 3.98. The van der Waals surface area contributed by atoms with Gasteiger partial charge >= 0.3 is 0 Å². The van der Waals surface area contributed by atoms with Crippen LogP contribution in [0.25, 0.3) is 10.1 Å². The predicted molar refractivity (Wildman–Crippen MR) is 128 cm³/mol. The van der Waals surface area contributed by atoms with E-state index in [2.05, 4.69) is 30.9 Å². The van der Waals surface area contributed by atoms with Gasteiger partial charge in [0.2, 0.25) is 0 Å². The second-order valence-corrected chi connectivity index (χ2v) is 10.9. The summed E-state index contributed by atoms with van der Waals surface area (Å²) in [6, 6.07) is 15.5. The molecule has 0 saturated heterocycles. The van der Waals surface area contributed by atoms with Crippen molar-refractivity contribution in [3.8, 4) is 0 Å². The molecule has 1 aliphatic rings. The third-order valence-electron chi connectivity index (χ3n) is 6.04. The summed E-state index contributed by atoms with van der Waals surface area (Å²) < 4.78 is 30.3. The summed E-state index contributed by atoms with van der Waals surface area (Å²) >= 11 is 1.58. The van der Waals surface area contributed by atoms with Gasteiger partial charge in [0.05, 0.1) is 4.90 Å². The van der Waals surface area contributed by atoms with E-state index in [1.54, 1.807) is 27.8 Å². The molecule has 0 atom stereocenters. The van der Waals surface area contributed by atoms with Gasteiger partial charge in [0.25, 0.3) is 10.0 Å². The van der Waals surface area contributed by atoms with Crippen molar-refractivity contribution in [1.82, 2.24) is 0 Å². The first-order chi connectivity index (χ1) is 14.5. The first-order valence-corrected chi connectivity index (χ1v) is 13.1. The topological polar surface area (TPSA) is 40.6 Å². The molecule has 0 amide bonds. The minimum absolute atomic E-state index is 0.367. The van der Waals surface area contributed by atoms with Crippen molar-refractivity contribution in [2.75, 3.05) is 28.8 Å². The van der Waals surface area contributed by atoms with Crippen molar-refractivity contribution in [3.05, 3.63) is 54.1 Å². The van der Waals surface area contributed by atoms with Gasteiger partial charge in [-0.05, 0) is 74.4 Å². The highest BCUT2D eigenvalue weighted by molar-refractivity contribution is 7.93. The van der Waals surface area contributed by atoms with Crippen LogP contribution in [0.5, 0.6) is 0 Å². The first kappa shape index (κ1) is 21.2. The Labute approximate surface area is 184 Å².